The summed E-state index contributed by atoms with van der Waals surface area (Å²) in [5.74, 6) is 0. The zero-order valence-corrected chi connectivity index (χ0v) is 12.0. The number of hydrogen-bond acceptors (Lipinski definition) is 2. The van der Waals surface area contributed by atoms with Gasteiger partial charge < -0.3 is 5.32 Å². The van der Waals surface area contributed by atoms with Crippen LogP contribution in [0.15, 0.2) is 18.3 Å². The Balaban J connectivity index is 1.98. The highest BCUT2D eigenvalue weighted by Gasteiger charge is 2.44. The predicted octanol–water partition coefficient (Wildman–Crippen LogP) is 3.35. The summed E-state index contributed by atoms with van der Waals surface area (Å²) in [6.45, 7) is 7.93. The van der Waals surface area contributed by atoms with Crippen molar-refractivity contribution in [3.8, 4) is 0 Å². The number of nitrogens with zero attached hydrogens (tertiary/aromatic N) is 1. The van der Waals surface area contributed by atoms with Gasteiger partial charge in [0.25, 0.3) is 0 Å². The Kier molecular flexibility index (Phi) is 4.39. The molecule has 1 aliphatic rings. The van der Waals surface area contributed by atoms with Gasteiger partial charge in [-0.25, -0.2) is 0 Å². The van der Waals surface area contributed by atoms with E-state index in [0.29, 0.717) is 11.5 Å². The molecular weight excluding hydrogens is 220 g/mol. The second kappa shape index (κ2) is 5.83. The van der Waals surface area contributed by atoms with Gasteiger partial charge in [-0.1, -0.05) is 26.8 Å². The average Bonchev–Trinajstić information content (AvgIpc) is 3.14. The minimum atomic E-state index is 0.514. The van der Waals surface area contributed by atoms with Crippen LogP contribution in [-0.4, -0.2) is 17.6 Å². The van der Waals surface area contributed by atoms with Crippen LogP contribution >= 0.6 is 0 Å². The van der Waals surface area contributed by atoms with Crippen LogP contribution in [0.1, 0.15) is 51.3 Å². The third-order valence-electron chi connectivity index (χ3n) is 4.23. The van der Waals surface area contributed by atoms with E-state index in [0.717, 1.165) is 19.4 Å². The lowest BCUT2D eigenvalue weighted by molar-refractivity contribution is 0.352. The summed E-state index contributed by atoms with van der Waals surface area (Å²) < 4.78 is 0. The number of aromatic nitrogens is 1. The van der Waals surface area contributed by atoms with Crippen molar-refractivity contribution in [3.63, 3.8) is 0 Å². The zero-order valence-electron chi connectivity index (χ0n) is 12.0. The molecule has 0 radical (unpaired) electrons. The summed E-state index contributed by atoms with van der Waals surface area (Å²) in [4.78, 5) is 4.60. The smallest absolute Gasteiger partial charge is 0.0419 e. The molecular formula is C16H26N2. The molecule has 1 N–H and O–H groups in total. The largest absolute Gasteiger partial charge is 0.313 e. The molecule has 2 rings (SSSR count). The molecule has 0 bridgehead atoms. The lowest BCUT2D eigenvalue weighted by Gasteiger charge is -2.24. The quantitative estimate of drug-likeness (QED) is 0.798. The molecule has 0 aliphatic heterocycles. The van der Waals surface area contributed by atoms with E-state index in [-0.39, 0.29) is 0 Å². The fourth-order valence-electron chi connectivity index (χ4n) is 2.42. The molecule has 2 nitrogen and oxygen atoms in total. The van der Waals surface area contributed by atoms with Crippen LogP contribution in [0.25, 0.3) is 0 Å². The van der Waals surface area contributed by atoms with Gasteiger partial charge in [0.2, 0.25) is 0 Å². The maximum absolute atomic E-state index is 4.60. The highest BCUT2D eigenvalue weighted by molar-refractivity contribution is 5.16. The maximum Gasteiger partial charge on any atom is 0.0419 e. The number of pyridine rings is 1. The highest BCUT2D eigenvalue weighted by Crippen LogP contribution is 2.48. The van der Waals surface area contributed by atoms with E-state index in [9.17, 15) is 0 Å². The summed E-state index contributed by atoms with van der Waals surface area (Å²) in [6, 6.07) is 5.01. The lowest BCUT2D eigenvalue weighted by Crippen LogP contribution is -2.38. The predicted molar refractivity (Wildman–Crippen MR) is 76.7 cm³/mol. The third kappa shape index (κ3) is 3.32. The fraction of sp³-hybridized carbons (Fsp3) is 0.688. The van der Waals surface area contributed by atoms with E-state index < -0.39 is 0 Å². The number of nitrogens with one attached hydrogen (secondary N) is 1. The fourth-order valence-corrected chi connectivity index (χ4v) is 2.42. The van der Waals surface area contributed by atoms with Crippen LogP contribution in [0, 0.1) is 5.41 Å². The van der Waals surface area contributed by atoms with Crippen LogP contribution in [0.3, 0.4) is 0 Å². The van der Waals surface area contributed by atoms with Crippen LogP contribution < -0.4 is 5.32 Å². The topological polar surface area (TPSA) is 24.9 Å². The van der Waals surface area contributed by atoms with Gasteiger partial charge in [0.05, 0.1) is 0 Å². The van der Waals surface area contributed by atoms with Crippen molar-refractivity contribution in [1.82, 2.24) is 10.3 Å². The molecule has 1 aliphatic carbocycles. The van der Waals surface area contributed by atoms with Crippen LogP contribution in [0.5, 0.6) is 0 Å². The first-order valence-corrected chi connectivity index (χ1v) is 7.35. The van der Waals surface area contributed by atoms with Gasteiger partial charge >= 0.3 is 0 Å². The molecule has 2 heteroatoms. The van der Waals surface area contributed by atoms with Crippen molar-refractivity contribution >= 4 is 0 Å². The van der Waals surface area contributed by atoms with Gasteiger partial charge in [-0.05, 0) is 49.3 Å². The molecule has 1 fully saturated rings. The van der Waals surface area contributed by atoms with Gasteiger partial charge in [0.15, 0.2) is 0 Å². The summed E-state index contributed by atoms with van der Waals surface area (Å²) in [5.41, 5.74) is 3.07. The van der Waals surface area contributed by atoms with Gasteiger partial charge in [-0.2, -0.15) is 0 Å². The molecule has 0 spiro atoms. The molecule has 0 aromatic carbocycles. The minimum Gasteiger partial charge on any atom is -0.313 e. The van der Waals surface area contributed by atoms with Crippen molar-refractivity contribution in [2.24, 2.45) is 5.41 Å². The number of aryl methyl sites for hydroxylation is 1. The second-order valence-electron chi connectivity index (χ2n) is 5.88. The Bertz CT molecular complexity index is 365. The van der Waals surface area contributed by atoms with Gasteiger partial charge in [0, 0.05) is 24.4 Å². The normalized spacial score (nSPS) is 18.6. The molecule has 100 valence electrons. The molecule has 1 atom stereocenters. The van der Waals surface area contributed by atoms with Crippen molar-refractivity contribution in [2.45, 2.75) is 58.9 Å². The van der Waals surface area contributed by atoms with E-state index in [1.54, 1.807) is 0 Å². The summed E-state index contributed by atoms with van der Waals surface area (Å²) in [6.07, 6.45) is 8.10. The molecule has 0 amide bonds. The first-order valence-electron chi connectivity index (χ1n) is 7.35. The molecule has 18 heavy (non-hydrogen) atoms. The van der Waals surface area contributed by atoms with Crippen LogP contribution in [-0.2, 0) is 12.8 Å². The third-order valence-corrected chi connectivity index (χ3v) is 4.23. The molecule has 1 aromatic rings. The number of rotatable bonds is 7. The molecule has 0 saturated heterocycles. The zero-order chi connectivity index (χ0) is 13.0. The van der Waals surface area contributed by atoms with Crippen molar-refractivity contribution in [1.29, 1.82) is 0 Å². The van der Waals surface area contributed by atoms with Crippen molar-refractivity contribution < 1.29 is 0 Å². The first-order chi connectivity index (χ1) is 8.68. The summed E-state index contributed by atoms with van der Waals surface area (Å²) in [7, 11) is 0. The van der Waals surface area contributed by atoms with Gasteiger partial charge in [-0.3, -0.25) is 4.98 Å². The molecule has 1 unspecified atom stereocenters. The standard InChI is InChI=1S/C16H26N2/c1-4-10-17-15(16(3)8-9-16)11-14-7-6-13(5-2)12-18-14/h6-7,12,15,17H,4-5,8-11H2,1-3H3. The highest BCUT2D eigenvalue weighted by atomic mass is 14.9. The maximum atomic E-state index is 4.60. The van der Waals surface area contributed by atoms with Crippen LogP contribution in [0.2, 0.25) is 0 Å². The molecule has 1 aromatic heterocycles. The summed E-state index contributed by atoms with van der Waals surface area (Å²) >= 11 is 0. The van der Waals surface area contributed by atoms with E-state index >= 15 is 0 Å². The van der Waals surface area contributed by atoms with Crippen molar-refractivity contribution in [2.75, 3.05) is 6.54 Å². The lowest BCUT2D eigenvalue weighted by atomic mass is 9.94. The van der Waals surface area contributed by atoms with E-state index in [1.165, 1.54) is 30.5 Å². The molecule has 1 heterocycles. The van der Waals surface area contributed by atoms with Gasteiger partial charge in [-0.15, -0.1) is 0 Å². The Morgan fingerprint density at radius 1 is 1.33 bits per heavy atom. The SMILES string of the molecule is CCCNC(Cc1ccc(CC)cn1)C1(C)CC1. The summed E-state index contributed by atoms with van der Waals surface area (Å²) in [5, 5.41) is 3.71. The minimum absolute atomic E-state index is 0.514. The molecule has 1 saturated carbocycles. The van der Waals surface area contributed by atoms with Crippen LogP contribution in [0.4, 0.5) is 0 Å². The Morgan fingerprint density at radius 2 is 2.11 bits per heavy atom. The first kappa shape index (κ1) is 13.5. The monoisotopic (exact) mass is 246 g/mol. The van der Waals surface area contributed by atoms with E-state index in [1.807, 2.05) is 6.20 Å². The number of hydrogen-bond donors (Lipinski definition) is 1. The Morgan fingerprint density at radius 3 is 2.61 bits per heavy atom. The van der Waals surface area contributed by atoms with E-state index in [4.69, 9.17) is 0 Å². The van der Waals surface area contributed by atoms with Crippen molar-refractivity contribution in [3.05, 3.63) is 29.6 Å². The van der Waals surface area contributed by atoms with E-state index in [2.05, 4.69) is 43.2 Å². The second-order valence-corrected chi connectivity index (χ2v) is 5.88. The van der Waals surface area contributed by atoms with Gasteiger partial charge in [0.1, 0.15) is 0 Å². The Labute approximate surface area is 111 Å². The average molecular weight is 246 g/mol. The Hall–Kier alpha value is -0.890.